The summed E-state index contributed by atoms with van der Waals surface area (Å²) >= 11 is 0. The molecule has 1 aromatic carbocycles. The van der Waals surface area contributed by atoms with Gasteiger partial charge in [-0.25, -0.2) is 4.79 Å². The molecule has 1 amide bonds. The molecule has 1 unspecified atom stereocenters. The van der Waals surface area contributed by atoms with E-state index in [4.69, 9.17) is 5.11 Å². The van der Waals surface area contributed by atoms with Crippen molar-refractivity contribution in [3.8, 4) is 0 Å². The molecule has 0 radical (unpaired) electrons. The molecule has 1 aliphatic rings. The van der Waals surface area contributed by atoms with Gasteiger partial charge in [0.05, 0.1) is 0 Å². The van der Waals surface area contributed by atoms with Gasteiger partial charge in [-0.15, -0.1) is 0 Å². The van der Waals surface area contributed by atoms with Gasteiger partial charge in [-0.2, -0.15) is 0 Å². The van der Waals surface area contributed by atoms with Gasteiger partial charge >= 0.3 is 5.97 Å². The fraction of sp³-hybridized carbons (Fsp3) is 0.375. The van der Waals surface area contributed by atoms with Crippen LogP contribution >= 0.6 is 0 Å². The zero-order chi connectivity index (χ0) is 14.9. The minimum Gasteiger partial charge on any atom is -0.478 e. The van der Waals surface area contributed by atoms with Crippen molar-refractivity contribution in [2.24, 2.45) is 5.41 Å². The summed E-state index contributed by atoms with van der Waals surface area (Å²) in [6.45, 7) is 6.12. The molecule has 20 heavy (non-hydrogen) atoms. The molecule has 1 atom stereocenters. The first-order chi connectivity index (χ1) is 9.29. The Labute approximate surface area is 118 Å². The van der Waals surface area contributed by atoms with Crippen LogP contribution in [0, 0.1) is 12.3 Å². The van der Waals surface area contributed by atoms with Gasteiger partial charge in [-0.05, 0) is 48.1 Å². The third kappa shape index (κ3) is 3.26. The van der Waals surface area contributed by atoms with Crippen molar-refractivity contribution < 1.29 is 14.7 Å². The smallest absolute Gasteiger partial charge is 0.328 e. The van der Waals surface area contributed by atoms with Crippen molar-refractivity contribution >= 4 is 18.0 Å². The number of hydrogen-bond acceptors (Lipinski definition) is 2. The predicted octanol–water partition coefficient (Wildman–Crippen LogP) is 2.62. The Balaban J connectivity index is 2.14. The monoisotopic (exact) mass is 273 g/mol. The Kier molecular flexibility index (Phi) is 3.66. The van der Waals surface area contributed by atoms with Crippen molar-refractivity contribution in [1.29, 1.82) is 0 Å². The lowest BCUT2D eigenvalue weighted by molar-refractivity contribution is -0.131. The van der Waals surface area contributed by atoms with Gasteiger partial charge in [0.1, 0.15) is 0 Å². The molecule has 0 saturated heterocycles. The Bertz CT molecular complexity index is 587. The van der Waals surface area contributed by atoms with E-state index in [0.717, 1.165) is 23.6 Å². The van der Waals surface area contributed by atoms with Gasteiger partial charge in [-0.1, -0.05) is 19.9 Å². The molecule has 4 heteroatoms. The maximum Gasteiger partial charge on any atom is 0.328 e. The SMILES string of the molecule is Cc1ccc(C(=O)NC2CC2(C)C)cc1/C=C/C(=O)O. The van der Waals surface area contributed by atoms with Crippen LogP contribution in [0.5, 0.6) is 0 Å². The highest BCUT2D eigenvalue weighted by Gasteiger charge is 2.46. The molecule has 106 valence electrons. The van der Waals surface area contributed by atoms with Gasteiger partial charge in [0.25, 0.3) is 5.91 Å². The lowest BCUT2D eigenvalue weighted by Gasteiger charge is -2.08. The highest BCUT2D eigenvalue weighted by atomic mass is 16.4. The quantitative estimate of drug-likeness (QED) is 0.829. The maximum absolute atomic E-state index is 12.1. The largest absolute Gasteiger partial charge is 0.478 e. The van der Waals surface area contributed by atoms with Crippen molar-refractivity contribution in [2.45, 2.75) is 33.2 Å². The van der Waals surface area contributed by atoms with Crippen LogP contribution in [0.3, 0.4) is 0 Å². The fourth-order valence-electron chi connectivity index (χ4n) is 2.08. The number of hydrogen-bond donors (Lipinski definition) is 2. The molecular weight excluding hydrogens is 254 g/mol. The van der Waals surface area contributed by atoms with Crippen LogP contribution in [0.1, 0.15) is 41.8 Å². The molecule has 4 nitrogen and oxygen atoms in total. The fourth-order valence-corrected chi connectivity index (χ4v) is 2.08. The topological polar surface area (TPSA) is 66.4 Å². The Hall–Kier alpha value is -2.10. The van der Waals surface area contributed by atoms with E-state index in [2.05, 4.69) is 19.2 Å². The number of nitrogens with one attached hydrogen (secondary N) is 1. The first kappa shape index (κ1) is 14.3. The third-order valence-electron chi connectivity index (χ3n) is 3.77. The summed E-state index contributed by atoms with van der Waals surface area (Å²) in [5, 5.41) is 11.7. The summed E-state index contributed by atoms with van der Waals surface area (Å²) < 4.78 is 0. The predicted molar refractivity (Wildman–Crippen MR) is 77.5 cm³/mol. The van der Waals surface area contributed by atoms with E-state index in [9.17, 15) is 9.59 Å². The number of carbonyl (C=O) groups is 2. The normalized spacial score (nSPS) is 19.9. The highest BCUT2D eigenvalue weighted by Crippen LogP contribution is 2.44. The van der Waals surface area contributed by atoms with E-state index in [1.165, 1.54) is 6.08 Å². The molecule has 2 N–H and O–H groups in total. The van der Waals surface area contributed by atoms with E-state index >= 15 is 0 Å². The molecule has 1 saturated carbocycles. The molecule has 0 bridgehead atoms. The first-order valence-corrected chi connectivity index (χ1v) is 6.62. The van der Waals surface area contributed by atoms with Crippen molar-refractivity contribution in [1.82, 2.24) is 5.32 Å². The van der Waals surface area contributed by atoms with Gasteiger partial charge in [0, 0.05) is 17.7 Å². The van der Waals surface area contributed by atoms with Crippen molar-refractivity contribution in [3.63, 3.8) is 0 Å². The van der Waals surface area contributed by atoms with Crippen molar-refractivity contribution in [3.05, 3.63) is 41.0 Å². The average molecular weight is 273 g/mol. The summed E-state index contributed by atoms with van der Waals surface area (Å²) in [6.07, 6.45) is 3.58. The van der Waals surface area contributed by atoms with Crippen molar-refractivity contribution in [2.75, 3.05) is 0 Å². The second kappa shape index (κ2) is 5.12. The number of rotatable bonds is 4. The molecule has 0 aromatic heterocycles. The summed E-state index contributed by atoms with van der Waals surface area (Å²) in [7, 11) is 0. The minimum atomic E-state index is -1.00. The van der Waals surface area contributed by atoms with E-state index in [1.54, 1.807) is 12.1 Å². The lowest BCUT2D eigenvalue weighted by Crippen LogP contribution is -2.28. The maximum atomic E-state index is 12.1. The van der Waals surface area contributed by atoms with Gasteiger partial charge < -0.3 is 10.4 Å². The Morgan fingerprint density at radius 2 is 2.05 bits per heavy atom. The number of carboxylic acid groups (broad SMARTS) is 1. The Morgan fingerprint density at radius 1 is 1.40 bits per heavy atom. The second-order valence-electron chi connectivity index (χ2n) is 5.96. The van der Waals surface area contributed by atoms with E-state index in [1.807, 2.05) is 13.0 Å². The molecule has 1 fully saturated rings. The average Bonchev–Trinajstić information content (AvgIpc) is 2.95. The Morgan fingerprint density at radius 3 is 2.60 bits per heavy atom. The zero-order valence-electron chi connectivity index (χ0n) is 11.9. The van der Waals surface area contributed by atoms with Crippen LogP contribution in [0.2, 0.25) is 0 Å². The summed E-state index contributed by atoms with van der Waals surface area (Å²) in [5.41, 5.74) is 2.43. The molecule has 2 rings (SSSR count). The van der Waals surface area contributed by atoms with Crippen LogP contribution in [0.15, 0.2) is 24.3 Å². The number of aliphatic carboxylic acids is 1. The van der Waals surface area contributed by atoms with E-state index in [-0.39, 0.29) is 17.4 Å². The van der Waals surface area contributed by atoms with E-state index in [0.29, 0.717) is 5.56 Å². The third-order valence-corrected chi connectivity index (χ3v) is 3.77. The van der Waals surface area contributed by atoms with Gasteiger partial charge in [0.15, 0.2) is 0 Å². The standard InChI is InChI=1S/C16H19NO3/c1-10-4-5-12(8-11(10)6-7-14(18)19)15(20)17-13-9-16(13,2)3/h4-8,13H,9H2,1-3H3,(H,17,20)(H,18,19)/b7-6+. The lowest BCUT2D eigenvalue weighted by atomic mass is 10.0. The number of carbonyl (C=O) groups excluding carboxylic acids is 1. The first-order valence-electron chi connectivity index (χ1n) is 6.62. The van der Waals surface area contributed by atoms with Crippen LogP contribution in [0.4, 0.5) is 0 Å². The van der Waals surface area contributed by atoms with Crippen LogP contribution in [-0.2, 0) is 4.79 Å². The molecular formula is C16H19NO3. The number of benzene rings is 1. The summed E-state index contributed by atoms with van der Waals surface area (Å²) in [6, 6.07) is 5.54. The molecule has 0 aliphatic heterocycles. The molecule has 1 aromatic rings. The molecule has 0 spiro atoms. The number of amides is 1. The zero-order valence-corrected chi connectivity index (χ0v) is 11.9. The van der Waals surface area contributed by atoms with Gasteiger partial charge in [-0.3, -0.25) is 4.79 Å². The van der Waals surface area contributed by atoms with Crippen LogP contribution < -0.4 is 5.32 Å². The molecule has 0 heterocycles. The van der Waals surface area contributed by atoms with Gasteiger partial charge in [0.2, 0.25) is 0 Å². The molecule has 1 aliphatic carbocycles. The minimum absolute atomic E-state index is 0.106. The van der Waals surface area contributed by atoms with Crippen LogP contribution in [0.25, 0.3) is 6.08 Å². The highest BCUT2D eigenvalue weighted by molar-refractivity contribution is 5.95. The van der Waals surface area contributed by atoms with Crippen LogP contribution in [-0.4, -0.2) is 23.0 Å². The summed E-state index contributed by atoms with van der Waals surface area (Å²) in [4.78, 5) is 22.7. The van der Waals surface area contributed by atoms with E-state index < -0.39 is 5.97 Å². The summed E-state index contributed by atoms with van der Waals surface area (Å²) in [5.74, 6) is -1.11. The number of carboxylic acids is 1. The number of aryl methyl sites for hydroxylation is 1. The second-order valence-corrected chi connectivity index (χ2v) is 5.96.